The Morgan fingerprint density at radius 1 is 1.07 bits per heavy atom. The van der Waals surface area contributed by atoms with Crippen molar-refractivity contribution in [1.82, 2.24) is 20.6 Å². The smallest absolute Gasteiger partial charge is 0.191 e. The highest BCUT2D eigenvalue weighted by Crippen LogP contribution is 2.30. The summed E-state index contributed by atoms with van der Waals surface area (Å²) in [5.74, 6) is 3.26. The SMILES string of the molecule is CN=C(NCc1ncc(-c2ccccc2)[nH]1)NCc1ccccc1OCC1CC1. The third-order valence-electron chi connectivity index (χ3n) is 4.95. The van der Waals surface area contributed by atoms with Crippen LogP contribution in [-0.2, 0) is 13.1 Å². The van der Waals surface area contributed by atoms with Crippen LogP contribution in [0.1, 0.15) is 24.2 Å². The van der Waals surface area contributed by atoms with Gasteiger partial charge in [-0.2, -0.15) is 0 Å². The third-order valence-corrected chi connectivity index (χ3v) is 4.95. The summed E-state index contributed by atoms with van der Waals surface area (Å²) in [5.41, 5.74) is 3.25. The first kappa shape index (κ1) is 19.1. The van der Waals surface area contributed by atoms with Gasteiger partial charge >= 0.3 is 0 Å². The van der Waals surface area contributed by atoms with Gasteiger partial charge in [-0.1, -0.05) is 48.5 Å². The lowest BCUT2D eigenvalue weighted by atomic mass is 10.2. The molecule has 150 valence electrons. The summed E-state index contributed by atoms with van der Waals surface area (Å²) in [4.78, 5) is 12.1. The molecule has 6 heteroatoms. The van der Waals surface area contributed by atoms with Gasteiger partial charge in [-0.3, -0.25) is 4.99 Å². The molecule has 4 rings (SSSR count). The van der Waals surface area contributed by atoms with Crippen LogP contribution in [0.3, 0.4) is 0 Å². The van der Waals surface area contributed by atoms with Gasteiger partial charge in [0.25, 0.3) is 0 Å². The highest BCUT2D eigenvalue weighted by atomic mass is 16.5. The van der Waals surface area contributed by atoms with Crippen LogP contribution in [0.25, 0.3) is 11.3 Å². The maximum Gasteiger partial charge on any atom is 0.191 e. The zero-order chi connectivity index (χ0) is 19.9. The van der Waals surface area contributed by atoms with Gasteiger partial charge in [-0.15, -0.1) is 0 Å². The van der Waals surface area contributed by atoms with Crippen molar-refractivity contribution in [1.29, 1.82) is 0 Å². The standard InChI is InChI=1S/C23H27N5O/c1-24-23(26-13-19-9-5-6-10-21(19)29-16-17-11-12-17)27-15-22-25-14-20(28-22)18-7-3-2-4-8-18/h2-10,14,17H,11-13,15-16H2,1H3,(H,25,28)(H2,24,26,27). The number of guanidine groups is 1. The highest BCUT2D eigenvalue weighted by molar-refractivity contribution is 5.79. The molecule has 2 aromatic carbocycles. The minimum Gasteiger partial charge on any atom is -0.493 e. The lowest BCUT2D eigenvalue weighted by Crippen LogP contribution is -2.36. The van der Waals surface area contributed by atoms with Crippen molar-refractivity contribution in [2.24, 2.45) is 10.9 Å². The lowest BCUT2D eigenvalue weighted by Gasteiger charge is -2.14. The number of nitrogens with zero attached hydrogens (tertiary/aromatic N) is 2. The second kappa shape index (κ2) is 9.28. The molecule has 6 nitrogen and oxygen atoms in total. The fraction of sp³-hybridized carbons (Fsp3) is 0.304. The van der Waals surface area contributed by atoms with Gasteiger partial charge in [0.05, 0.1) is 25.0 Å². The zero-order valence-corrected chi connectivity index (χ0v) is 16.7. The van der Waals surface area contributed by atoms with Crippen LogP contribution in [0.15, 0.2) is 65.8 Å². The van der Waals surface area contributed by atoms with Crippen molar-refractivity contribution in [3.05, 3.63) is 72.2 Å². The van der Waals surface area contributed by atoms with Crippen LogP contribution in [-0.4, -0.2) is 29.6 Å². The molecule has 3 aromatic rings. The number of H-pyrrole nitrogens is 1. The Morgan fingerprint density at radius 3 is 2.62 bits per heavy atom. The van der Waals surface area contributed by atoms with E-state index in [0.717, 1.165) is 46.9 Å². The van der Waals surface area contributed by atoms with E-state index in [2.05, 4.69) is 43.8 Å². The number of ether oxygens (including phenoxy) is 1. The monoisotopic (exact) mass is 389 g/mol. The largest absolute Gasteiger partial charge is 0.493 e. The van der Waals surface area contributed by atoms with E-state index in [-0.39, 0.29) is 0 Å². The van der Waals surface area contributed by atoms with Gasteiger partial charge < -0.3 is 20.4 Å². The van der Waals surface area contributed by atoms with Gasteiger partial charge in [0, 0.05) is 19.2 Å². The Labute approximate surface area is 171 Å². The molecule has 1 heterocycles. The van der Waals surface area contributed by atoms with Crippen LogP contribution >= 0.6 is 0 Å². The van der Waals surface area contributed by atoms with Crippen LogP contribution in [0.4, 0.5) is 0 Å². The molecule has 0 atom stereocenters. The number of rotatable bonds is 8. The van der Waals surface area contributed by atoms with E-state index < -0.39 is 0 Å². The number of imidazole rings is 1. The summed E-state index contributed by atoms with van der Waals surface area (Å²) in [7, 11) is 1.77. The summed E-state index contributed by atoms with van der Waals surface area (Å²) in [6.45, 7) is 2.02. The van der Waals surface area contributed by atoms with Gasteiger partial charge in [-0.25, -0.2) is 4.98 Å². The second-order valence-electron chi connectivity index (χ2n) is 7.25. The van der Waals surface area contributed by atoms with Crippen molar-refractivity contribution in [3.63, 3.8) is 0 Å². The van der Waals surface area contributed by atoms with Crippen LogP contribution < -0.4 is 15.4 Å². The molecule has 0 aliphatic heterocycles. The summed E-state index contributed by atoms with van der Waals surface area (Å²) in [6.07, 6.45) is 4.43. The van der Waals surface area contributed by atoms with E-state index in [9.17, 15) is 0 Å². The Balaban J connectivity index is 1.30. The molecular formula is C23H27N5O. The predicted octanol–water partition coefficient (Wildman–Crippen LogP) is 3.73. The van der Waals surface area contributed by atoms with E-state index in [4.69, 9.17) is 4.74 Å². The van der Waals surface area contributed by atoms with Gasteiger partial charge in [0.15, 0.2) is 5.96 Å². The van der Waals surface area contributed by atoms with Crippen LogP contribution in [0, 0.1) is 5.92 Å². The van der Waals surface area contributed by atoms with Crippen molar-refractivity contribution in [2.75, 3.05) is 13.7 Å². The second-order valence-corrected chi connectivity index (χ2v) is 7.25. The number of hydrogen-bond donors (Lipinski definition) is 3. The van der Waals surface area contributed by atoms with Crippen molar-refractivity contribution < 1.29 is 4.74 Å². The minimum atomic E-state index is 0.562. The maximum absolute atomic E-state index is 5.99. The fourth-order valence-corrected chi connectivity index (χ4v) is 3.07. The Kier molecular flexibility index (Phi) is 6.10. The quantitative estimate of drug-likeness (QED) is 0.405. The van der Waals surface area contributed by atoms with E-state index in [1.54, 1.807) is 7.05 Å². The molecule has 29 heavy (non-hydrogen) atoms. The molecule has 3 N–H and O–H groups in total. The van der Waals surface area contributed by atoms with Gasteiger partial charge in [0.1, 0.15) is 11.6 Å². The van der Waals surface area contributed by atoms with E-state index >= 15 is 0 Å². The molecule has 1 aliphatic rings. The van der Waals surface area contributed by atoms with Gasteiger partial charge in [-0.05, 0) is 30.4 Å². The van der Waals surface area contributed by atoms with Crippen LogP contribution in [0.2, 0.25) is 0 Å². The number of para-hydroxylation sites is 1. The summed E-state index contributed by atoms with van der Waals surface area (Å²) >= 11 is 0. The predicted molar refractivity (Wildman–Crippen MR) is 116 cm³/mol. The summed E-state index contributed by atoms with van der Waals surface area (Å²) < 4.78 is 5.99. The average molecular weight is 390 g/mol. The molecule has 1 fully saturated rings. The lowest BCUT2D eigenvalue weighted by molar-refractivity contribution is 0.296. The summed E-state index contributed by atoms with van der Waals surface area (Å²) in [5, 5.41) is 6.66. The molecule has 1 saturated carbocycles. The number of hydrogen-bond acceptors (Lipinski definition) is 3. The normalized spacial score (nSPS) is 13.9. The number of aromatic amines is 1. The van der Waals surface area contributed by atoms with Crippen LogP contribution in [0.5, 0.6) is 5.75 Å². The number of benzene rings is 2. The average Bonchev–Trinajstić information content (AvgIpc) is 3.49. The molecule has 1 aromatic heterocycles. The first-order valence-electron chi connectivity index (χ1n) is 10.1. The maximum atomic E-state index is 5.99. The zero-order valence-electron chi connectivity index (χ0n) is 16.7. The molecule has 0 saturated heterocycles. The van der Waals surface area contributed by atoms with Crippen molar-refractivity contribution >= 4 is 5.96 Å². The first-order chi connectivity index (χ1) is 14.3. The van der Waals surface area contributed by atoms with E-state index in [1.807, 2.05) is 42.6 Å². The molecule has 0 spiro atoms. The van der Waals surface area contributed by atoms with Crippen molar-refractivity contribution in [2.45, 2.75) is 25.9 Å². The number of nitrogens with one attached hydrogen (secondary N) is 3. The Hall–Kier alpha value is -3.28. The third kappa shape index (κ3) is 5.38. The first-order valence-corrected chi connectivity index (χ1v) is 10.1. The number of aliphatic imine (C=N–C) groups is 1. The topological polar surface area (TPSA) is 74.3 Å². The van der Waals surface area contributed by atoms with Gasteiger partial charge in [0.2, 0.25) is 0 Å². The highest BCUT2D eigenvalue weighted by Gasteiger charge is 2.22. The molecule has 0 amide bonds. The number of aromatic nitrogens is 2. The minimum absolute atomic E-state index is 0.562. The fourth-order valence-electron chi connectivity index (χ4n) is 3.07. The molecule has 0 unspecified atom stereocenters. The molecule has 0 bridgehead atoms. The van der Waals surface area contributed by atoms with Crippen molar-refractivity contribution in [3.8, 4) is 17.0 Å². The van der Waals surface area contributed by atoms with E-state index in [0.29, 0.717) is 13.1 Å². The Bertz CT molecular complexity index is 947. The molecule has 0 radical (unpaired) electrons. The molecular weight excluding hydrogens is 362 g/mol. The van der Waals surface area contributed by atoms with E-state index in [1.165, 1.54) is 12.8 Å². The summed E-state index contributed by atoms with van der Waals surface area (Å²) in [6, 6.07) is 18.3. The molecule has 1 aliphatic carbocycles. The Morgan fingerprint density at radius 2 is 1.83 bits per heavy atom.